The molecule has 3 rings (SSSR count). The molecule has 0 aliphatic heterocycles. The highest BCUT2D eigenvalue weighted by molar-refractivity contribution is 7.99. The van der Waals surface area contributed by atoms with Crippen molar-refractivity contribution in [2.24, 2.45) is 0 Å². The van der Waals surface area contributed by atoms with Crippen molar-refractivity contribution < 1.29 is 9.21 Å². The van der Waals surface area contributed by atoms with Crippen molar-refractivity contribution in [3.63, 3.8) is 0 Å². The molecular weight excluding hydrogens is 370 g/mol. The van der Waals surface area contributed by atoms with Gasteiger partial charge in [-0.05, 0) is 38.3 Å². The number of nitrogens with one attached hydrogen (secondary N) is 1. The molecule has 3 aromatic heterocycles. The molecule has 0 unspecified atom stereocenters. The van der Waals surface area contributed by atoms with Gasteiger partial charge in [0, 0.05) is 6.04 Å². The lowest BCUT2D eigenvalue weighted by molar-refractivity contribution is -0.113. The monoisotopic (exact) mass is 387 g/mol. The lowest BCUT2D eigenvalue weighted by atomic mass is 10.2. The summed E-state index contributed by atoms with van der Waals surface area (Å²) in [6, 6.07) is 5.73. The first-order valence-electron chi connectivity index (χ1n) is 7.91. The van der Waals surface area contributed by atoms with Crippen molar-refractivity contribution in [2.45, 2.75) is 32.0 Å². The second-order valence-electron chi connectivity index (χ2n) is 5.77. The number of thioether (sulfide) groups is 1. The summed E-state index contributed by atoms with van der Waals surface area (Å²) < 4.78 is 7.35. The fraction of sp³-hybridized carbons (Fsp3) is 0.294. The van der Waals surface area contributed by atoms with Crippen LogP contribution in [0.3, 0.4) is 0 Å². The van der Waals surface area contributed by atoms with Crippen LogP contribution in [0.25, 0.3) is 11.4 Å². The Morgan fingerprint density at radius 1 is 1.46 bits per heavy atom. The average Bonchev–Trinajstić information content (AvgIpc) is 3.31. The van der Waals surface area contributed by atoms with E-state index >= 15 is 0 Å². The van der Waals surface area contributed by atoms with E-state index < -0.39 is 0 Å². The summed E-state index contributed by atoms with van der Waals surface area (Å²) in [6.45, 7) is 5.96. The Kier molecular flexibility index (Phi) is 5.44. The van der Waals surface area contributed by atoms with Crippen LogP contribution in [0.15, 0.2) is 33.3 Å². The van der Waals surface area contributed by atoms with E-state index in [1.807, 2.05) is 31.4 Å². The number of anilines is 1. The summed E-state index contributed by atoms with van der Waals surface area (Å²) >= 11 is 2.64. The van der Waals surface area contributed by atoms with Gasteiger partial charge in [-0.15, -0.1) is 21.5 Å². The third-order valence-corrected chi connectivity index (χ3v) is 5.42. The molecule has 0 aliphatic rings. The minimum atomic E-state index is -0.187. The van der Waals surface area contributed by atoms with Crippen LogP contribution in [-0.4, -0.2) is 26.4 Å². The van der Waals surface area contributed by atoms with E-state index in [4.69, 9.17) is 9.68 Å². The number of carbonyl (C=O) groups is 1. The van der Waals surface area contributed by atoms with Gasteiger partial charge in [-0.1, -0.05) is 11.8 Å². The smallest absolute Gasteiger partial charge is 0.235 e. The number of rotatable bonds is 6. The number of furan rings is 1. The standard InChI is InChI=1S/C17H17N5O2S2/c1-10(2)22-15(13-4-6-24-11(13)3)20-21-17(22)26-9-14(23)19-16-12(8-18)5-7-25-16/h4-7,10H,9H2,1-3H3,(H,19,23). The maximum Gasteiger partial charge on any atom is 0.235 e. The minimum Gasteiger partial charge on any atom is -0.469 e. The minimum absolute atomic E-state index is 0.127. The van der Waals surface area contributed by atoms with Crippen molar-refractivity contribution in [3.8, 4) is 17.5 Å². The molecule has 134 valence electrons. The van der Waals surface area contributed by atoms with Crippen molar-refractivity contribution in [3.05, 3.63) is 35.1 Å². The third kappa shape index (κ3) is 3.66. The zero-order valence-corrected chi connectivity index (χ0v) is 16.1. The van der Waals surface area contributed by atoms with E-state index in [-0.39, 0.29) is 17.7 Å². The highest BCUT2D eigenvalue weighted by atomic mass is 32.2. The molecule has 26 heavy (non-hydrogen) atoms. The number of carbonyl (C=O) groups excluding carboxylic acids is 1. The molecule has 0 atom stereocenters. The summed E-state index contributed by atoms with van der Waals surface area (Å²) in [4.78, 5) is 12.2. The van der Waals surface area contributed by atoms with Crippen LogP contribution in [0.1, 0.15) is 31.2 Å². The van der Waals surface area contributed by atoms with Crippen molar-refractivity contribution in [2.75, 3.05) is 11.1 Å². The maximum atomic E-state index is 12.2. The molecule has 3 aromatic rings. The van der Waals surface area contributed by atoms with Crippen molar-refractivity contribution >= 4 is 34.0 Å². The molecule has 1 amide bonds. The highest BCUT2D eigenvalue weighted by Gasteiger charge is 2.20. The lowest BCUT2D eigenvalue weighted by Crippen LogP contribution is -2.15. The number of nitrogens with zero attached hydrogens (tertiary/aromatic N) is 4. The molecule has 7 nitrogen and oxygen atoms in total. The molecule has 0 saturated carbocycles. The normalized spacial score (nSPS) is 10.9. The number of nitriles is 1. The Labute approximate surface area is 159 Å². The topological polar surface area (TPSA) is 96.7 Å². The van der Waals surface area contributed by atoms with Gasteiger partial charge in [0.2, 0.25) is 5.91 Å². The van der Waals surface area contributed by atoms with E-state index in [1.165, 1.54) is 23.1 Å². The van der Waals surface area contributed by atoms with E-state index in [1.54, 1.807) is 17.7 Å². The molecule has 0 aliphatic carbocycles. The third-order valence-electron chi connectivity index (χ3n) is 3.65. The molecule has 0 fully saturated rings. The van der Waals surface area contributed by atoms with Crippen LogP contribution in [0.5, 0.6) is 0 Å². The molecule has 0 saturated heterocycles. The number of hydrogen-bond donors (Lipinski definition) is 1. The SMILES string of the molecule is Cc1occc1-c1nnc(SCC(=O)Nc2sccc2C#N)n1C(C)C. The number of amides is 1. The van der Waals surface area contributed by atoms with E-state index in [2.05, 4.69) is 21.6 Å². The van der Waals surface area contributed by atoms with Crippen molar-refractivity contribution in [1.29, 1.82) is 5.26 Å². The van der Waals surface area contributed by atoms with Gasteiger partial charge in [-0.2, -0.15) is 5.26 Å². The Bertz CT molecular complexity index is 964. The maximum absolute atomic E-state index is 12.2. The Morgan fingerprint density at radius 3 is 2.92 bits per heavy atom. The predicted molar refractivity (Wildman–Crippen MR) is 101 cm³/mol. The quantitative estimate of drug-likeness (QED) is 0.640. The van der Waals surface area contributed by atoms with Gasteiger partial charge in [-0.25, -0.2) is 0 Å². The number of hydrogen-bond acceptors (Lipinski definition) is 7. The fourth-order valence-electron chi connectivity index (χ4n) is 2.43. The van der Waals surface area contributed by atoms with Crippen LogP contribution in [-0.2, 0) is 4.79 Å². The summed E-state index contributed by atoms with van der Waals surface area (Å²) in [6.07, 6.45) is 1.62. The molecule has 0 spiro atoms. The van der Waals surface area contributed by atoms with Gasteiger partial charge in [0.25, 0.3) is 0 Å². The molecule has 1 N–H and O–H groups in total. The average molecular weight is 387 g/mol. The van der Waals surface area contributed by atoms with Gasteiger partial charge in [0.15, 0.2) is 11.0 Å². The first-order chi connectivity index (χ1) is 12.5. The summed E-state index contributed by atoms with van der Waals surface area (Å²) in [5.74, 6) is 1.49. The van der Waals surface area contributed by atoms with Crippen LogP contribution >= 0.6 is 23.1 Å². The van der Waals surface area contributed by atoms with E-state index in [0.29, 0.717) is 15.7 Å². The lowest BCUT2D eigenvalue weighted by Gasteiger charge is -2.13. The fourth-order valence-corrected chi connectivity index (χ4v) is 4.05. The first kappa shape index (κ1) is 18.2. The zero-order valence-electron chi connectivity index (χ0n) is 14.5. The number of thiophene rings is 1. The van der Waals surface area contributed by atoms with Gasteiger partial charge in [-0.3, -0.25) is 9.36 Å². The zero-order chi connectivity index (χ0) is 18.7. The molecule has 3 heterocycles. The Hall–Kier alpha value is -2.57. The molecule has 0 aromatic carbocycles. The van der Waals surface area contributed by atoms with Gasteiger partial charge >= 0.3 is 0 Å². The molecular formula is C17H17N5O2S2. The molecule has 9 heteroatoms. The molecule has 0 radical (unpaired) electrons. The van der Waals surface area contributed by atoms with E-state index in [9.17, 15) is 4.79 Å². The first-order valence-corrected chi connectivity index (χ1v) is 9.77. The second-order valence-corrected chi connectivity index (χ2v) is 7.63. The molecule has 0 bridgehead atoms. The summed E-state index contributed by atoms with van der Waals surface area (Å²) in [5.41, 5.74) is 1.36. The summed E-state index contributed by atoms with van der Waals surface area (Å²) in [5, 5.41) is 23.3. The predicted octanol–water partition coefficient (Wildman–Crippen LogP) is 4.09. The van der Waals surface area contributed by atoms with Gasteiger partial charge in [0.1, 0.15) is 16.8 Å². The van der Waals surface area contributed by atoms with Crippen LogP contribution in [0.2, 0.25) is 0 Å². The largest absolute Gasteiger partial charge is 0.469 e. The second kappa shape index (κ2) is 7.76. The number of aryl methyl sites for hydroxylation is 1. The van der Waals surface area contributed by atoms with Gasteiger partial charge in [0.05, 0.1) is 23.1 Å². The van der Waals surface area contributed by atoms with Crippen LogP contribution < -0.4 is 5.32 Å². The van der Waals surface area contributed by atoms with E-state index in [0.717, 1.165) is 17.1 Å². The summed E-state index contributed by atoms with van der Waals surface area (Å²) in [7, 11) is 0. The Balaban J connectivity index is 1.74. The van der Waals surface area contributed by atoms with Crippen LogP contribution in [0.4, 0.5) is 5.00 Å². The van der Waals surface area contributed by atoms with Gasteiger partial charge < -0.3 is 9.73 Å². The Morgan fingerprint density at radius 2 is 2.27 bits per heavy atom. The van der Waals surface area contributed by atoms with Crippen LogP contribution in [0, 0.1) is 18.3 Å². The number of aromatic nitrogens is 3. The highest BCUT2D eigenvalue weighted by Crippen LogP contribution is 2.30. The van der Waals surface area contributed by atoms with Crippen molar-refractivity contribution in [1.82, 2.24) is 14.8 Å².